The van der Waals surface area contributed by atoms with Gasteiger partial charge in [-0.25, -0.2) is 0 Å². The van der Waals surface area contributed by atoms with E-state index < -0.39 is 5.97 Å². The number of hydrogen-bond acceptors (Lipinski definition) is 3. The smallest absolute Gasteiger partial charge is 0.304 e. The van der Waals surface area contributed by atoms with E-state index in [1.54, 1.807) is 0 Å². The van der Waals surface area contributed by atoms with Gasteiger partial charge in [0.2, 0.25) is 0 Å². The number of thioether (sulfide) groups is 1. The van der Waals surface area contributed by atoms with Crippen LogP contribution in [0.2, 0.25) is 0 Å². The second-order valence-electron chi connectivity index (χ2n) is 2.11. The first kappa shape index (κ1) is 10.5. The molecule has 1 N–H and O–H groups in total. The van der Waals surface area contributed by atoms with Gasteiger partial charge in [-0.2, -0.15) is 0 Å². The average molecular weight is 176 g/mol. The predicted molar refractivity (Wildman–Crippen MR) is 44.6 cm³/mol. The van der Waals surface area contributed by atoms with Crippen LogP contribution in [0.25, 0.3) is 0 Å². The zero-order valence-corrected chi connectivity index (χ0v) is 7.32. The zero-order valence-electron chi connectivity index (χ0n) is 6.50. The quantitative estimate of drug-likeness (QED) is 0.690. The molecular weight excluding hydrogens is 164 g/mol. The number of carboxylic acid groups (broad SMARTS) is 1. The maximum Gasteiger partial charge on any atom is 0.304 e. The van der Waals surface area contributed by atoms with Crippen molar-refractivity contribution < 1.29 is 14.7 Å². The van der Waals surface area contributed by atoms with Gasteiger partial charge in [0.25, 0.3) is 0 Å². The first-order valence-electron chi connectivity index (χ1n) is 3.54. The lowest BCUT2D eigenvalue weighted by Crippen LogP contribution is -1.99. The molecule has 0 spiro atoms. The summed E-state index contributed by atoms with van der Waals surface area (Å²) in [5, 5.41) is 8.32. The van der Waals surface area contributed by atoms with E-state index in [2.05, 4.69) is 0 Å². The molecule has 0 aliphatic heterocycles. The van der Waals surface area contributed by atoms with Crippen LogP contribution in [-0.2, 0) is 9.59 Å². The Labute approximate surface area is 70.2 Å². The number of carbonyl (C=O) groups excluding carboxylic acids is 1. The molecule has 0 saturated heterocycles. The van der Waals surface area contributed by atoms with Gasteiger partial charge in [0.05, 0.1) is 6.42 Å². The summed E-state index contributed by atoms with van der Waals surface area (Å²) in [6.07, 6.45) is 1.45. The highest BCUT2D eigenvalue weighted by molar-refractivity contribution is 8.13. The average Bonchev–Trinajstić information content (AvgIpc) is 1.87. The van der Waals surface area contributed by atoms with Crippen LogP contribution in [0.15, 0.2) is 0 Å². The van der Waals surface area contributed by atoms with Gasteiger partial charge in [0.15, 0.2) is 5.12 Å². The predicted octanol–water partition coefficient (Wildman–Crippen LogP) is 1.52. The molecule has 0 aliphatic carbocycles. The summed E-state index contributed by atoms with van der Waals surface area (Å²) in [5.41, 5.74) is 0. The van der Waals surface area contributed by atoms with Crippen LogP contribution in [0.5, 0.6) is 0 Å². The van der Waals surface area contributed by atoms with Gasteiger partial charge >= 0.3 is 5.97 Å². The zero-order chi connectivity index (χ0) is 8.69. The van der Waals surface area contributed by atoms with Crippen LogP contribution in [-0.4, -0.2) is 21.9 Å². The first-order chi connectivity index (χ1) is 5.16. The Hall–Kier alpha value is -0.510. The van der Waals surface area contributed by atoms with Gasteiger partial charge in [-0.3, -0.25) is 9.59 Å². The molecule has 0 amide bonds. The van der Waals surface area contributed by atoms with Crippen molar-refractivity contribution in [3.63, 3.8) is 0 Å². The van der Waals surface area contributed by atoms with E-state index in [0.717, 1.165) is 18.2 Å². The Balaban J connectivity index is 3.24. The molecule has 0 aromatic heterocycles. The van der Waals surface area contributed by atoms with E-state index in [0.29, 0.717) is 12.2 Å². The summed E-state index contributed by atoms with van der Waals surface area (Å²) in [6, 6.07) is 0. The summed E-state index contributed by atoms with van der Waals surface area (Å²) in [5.74, 6) is -0.449. The van der Waals surface area contributed by atoms with E-state index in [4.69, 9.17) is 5.11 Å². The third-order valence-corrected chi connectivity index (χ3v) is 1.97. The van der Waals surface area contributed by atoms with E-state index in [1.807, 2.05) is 6.92 Å². The Morgan fingerprint density at radius 1 is 1.36 bits per heavy atom. The monoisotopic (exact) mass is 176 g/mol. The standard InChI is InChI=1S/C7H12O3S/c1-2-3-7(10)11-5-4-6(8)9/h2-5H2,1H3,(H,8,9). The summed E-state index contributed by atoms with van der Waals surface area (Å²) in [7, 11) is 0. The molecule has 0 aromatic rings. The fourth-order valence-corrected chi connectivity index (χ4v) is 1.38. The minimum atomic E-state index is -0.846. The molecule has 0 heterocycles. The van der Waals surface area contributed by atoms with Crippen LogP contribution >= 0.6 is 11.8 Å². The van der Waals surface area contributed by atoms with Gasteiger partial charge in [0, 0.05) is 12.2 Å². The van der Waals surface area contributed by atoms with Crippen molar-refractivity contribution >= 4 is 22.8 Å². The Bertz CT molecular complexity index is 145. The third-order valence-electron chi connectivity index (χ3n) is 1.03. The molecule has 0 atom stereocenters. The lowest BCUT2D eigenvalue weighted by atomic mass is 10.4. The Morgan fingerprint density at radius 3 is 2.45 bits per heavy atom. The number of hydrogen-bond donors (Lipinski definition) is 1. The molecule has 11 heavy (non-hydrogen) atoms. The molecule has 3 nitrogen and oxygen atoms in total. The van der Waals surface area contributed by atoms with Crippen molar-refractivity contribution in [2.75, 3.05) is 5.75 Å². The second kappa shape index (κ2) is 6.22. The highest BCUT2D eigenvalue weighted by Gasteiger charge is 2.02. The van der Waals surface area contributed by atoms with Gasteiger partial charge in [-0.05, 0) is 6.42 Å². The number of carbonyl (C=O) groups is 2. The largest absolute Gasteiger partial charge is 0.481 e. The van der Waals surface area contributed by atoms with Crippen molar-refractivity contribution in [2.45, 2.75) is 26.2 Å². The van der Waals surface area contributed by atoms with Crippen LogP contribution in [0, 0.1) is 0 Å². The molecule has 0 radical (unpaired) electrons. The van der Waals surface area contributed by atoms with Crippen molar-refractivity contribution in [3.05, 3.63) is 0 Å². The molecule has 0 saturated carbocycles. The number of aliphatic carboxylic acids is 1. The number of carboxylic acids is 1. The molecule has 0 rings (SSSR count). The fraction of sp³-hybridized carbons (Fsp3) is 0.714. The van der Waals surface area contributed by atoms with E-state index in [9.17, 15) is 9.59 Å². The van der Waals surface area contributed by atoms with Crippen molar-refractivity contribution in [1.29, 1.82) is 0 Å². The topological polar surface area (TPSA) is 54.4 Å². The first-order valence-corrected chi connectivity index (χ1v) is 4.52. The van der Waals surface area contributed by atoms with Gasteiger partial charge in [-0.1, -0.05) is 18.7 Å². The second-order valence-corrected chi connectivity index (χ2v) is 3.27. The SMILES string of the molecule is CCCC(=O)SCCC(=O)O. The van der Waals surface area contributed by atoms with E-state index >= 15 is 0 Å². The summed E-state index contributed by atoms with van der Waals surface area (Å²) in [6.45, 7) is 1.93. The minimum absolute atomic E-state index is 0.0696. The molecular formula is C7H12O3S. The third kappa shape index (κ3) is 7.39. The van der Waals surface area contributed by atoms with Gasteiger partial charge < -0.3 is 5.11 Å². The molecule has 64 valence electrons. The van der Waals surface area contributed by atoms with Gasteiger partial charge in [-0.15, -0.1) is 0 Å². The van der Waals surface area contributed by atoms with Crippen molar-refractivity contribution in [2.24, 2.45) is 0 Å². The number of rotatable bonds is 5. The molecule has 0 fully saturated rings. The van der Waals surface area contributed by atoms with E-state index in [1.165, 1.54) is 0 Å². The van der Waals surface area contributed by atoms with Crippen LogP contribution in [0.1, 0.15) is 26.2 Å². The van der Waals surface area contributed by atoms with Crippen molar-refractivity contribution in [1.82, 2.24) is 0 Å². The molecule has 0 aromatic carbocycles. The maximum atomic E-state index is 10.8. The lowest BCUT2D eigenvalue weighted by molar-refractivity contribution is -0.136. The summed E-state index contributed by atoms with van der Waals surface area (Å²) in [4.78, 5) is 20.8. The van der Waals surface area contributed by atoms with E-state index in [-0.39, 0.29) is 11.5 Å². The van der Waals surface area contributed by atoms with Crippen molar-refractivity contribution in [3.8, 4) is 0 Å². The summed E-state index contributed by atoms with van der Waals surface area (Å²) < 4.78 is 0. The Morgan fingerprint density at radius 2 is 2.00 bits per heavy atom. The van der Waals surface area contributed by atoms with Crippen LogP contribution < -0.4 is 0 Å². The molecule has 0 bridgehead atoms. The highest BCUT2D eigenvalue weighted by atomic mass is 32.2. The van der Waals surface area contributed by atoms with Crippen LogP contribution in [0.4, 0.5) is 0 Å². The molecule has 4 heteroatoms. The highest BCUT2D eigenvalue weighted by Crippen LogP contribution is 2.08. The van der Waals surface area contributed by atoms with Crippen LogP contribution in [0.3, 0.4) is 0 Å². The Kier molecular flexibility index (Phi) is 5.93. The summed E-state index contributed by atoms with van der Waals surface area (Å²) >= 11 is 1.11. The normalized spacial score (nSPS) is 9.55. The lowest BCUT2D eigenvalue weighted by Gasteiger charge is -1.95. The molecule has 0 aliphatic rings. The molecule has 0 unspecified atom stereocenters. The minimum Gasteiger partial charge on any atom is -0.481 e. The maximum absolute atomic E-state index is 10.8. The fourth-order valence-electron chi connectivity index (χ4n) is 0.528. The van der Waals surface area contributed by atoms with Gasteiger partial charge in [0.1, 0.15) is 0 Å².